The third-order valence-electron chi connectivity index (χ3n) is 5.45. The van der Waals surface area contributed by atoms with Crippen molar-refractivity contribution in [1.82, 2.24) is 0 Å². The molecule has 1 heterocycles. The number of aliphatic imine (C=N–C) groups is 1. The zero-order valence-corrected chi connectivity index (χ0v) is 16.1. The molecular weight excluding hydrogens is 324 g/mol. The lowest BCUT2D eigenvalue weighted by Gasteiger charge is -2.45. The van der Waals surface area contributed by atoms with Gasteiger partial charge in [0, 0.05) is 24.5 Å². The normalized spacial score (nSPS) is 18.8. The lowest BCUT2D eigenvalue weighted by atomic mass is 9.80. The largest absolute Gasteiger partial charge is 0.478 e. The Morgan fingerprint density at radius 3 is 2.65 bits per heavy atom. The van der Waals surface area contributed by atoms with E-state index >= 15 is 0 Å². The van der Waals surface area contributed by atoms with Gasteiger partial charge in [-0.05, 0) is 80.1 Å². The lowest BCUT2D eigenvalue weighted by molar-refractivity contribution is 0.0697. The van der Waals surface area contributed by atoms with Gasteiger partial charge in [0.1, 0.15) is 0 Å². The Bertz CT molecular complexity index is 884. The van der Waals surface area contributed by atoms with Crippen LogP contribution in [0.15, 0.2) is 41.4 Å². The van der Waals surface area contributed by atoms with Crippen molar-refractivity contribution in [3.8, 4) is 0 Å². The van der Waals surface area contributed by atoms with Gasteiger partial charge >= 0.3 is 5.97 Å². The van der Waals surface area contributed by atoms with Crippen LogP contribution in [0.3, 0.4) is 0 Å². The van der Waals surface area contributed by atoms with Crippen molar-refractivity contribution in [2.24, 2.45) is 4.99 Å². The number of benzene rings is 2. The maximum absolute atomic E-state index is 11.0. The Balaban J connectivity index is 1.89. The van der Waals surface area contributed by atoms with E-state index in [1.165, 1.54) is 11.3 Å². The van der Waals surface area contributed by atoms with E-state index in [-0.39, 0.29) is 11.1 Å². The van der Waals surface area contributed by atoms with Crippen LogP contribution in [0.2, 0.25) is 0 Å². The summed E-state index contributed by atoms with van der Waals surface area (Å²) in [4.78, 5) is 18.0. The zero-order valence-electron chi connectivity index (χ0n) is 16.1. The van der Waals surface area contributed by atoms with Gasteiger partial charge < -0.3 is 10.0 Å². The molecule has 4 heteroatoms. The number of fused-ring (bicyclic) bond motifs is 1. The molecule has 0 saturated heterocycles. The predicted molar refractivity (Wildman–Crippen MR) is 107 cm³/mol. The molecule has 1 N–H and O–H groups in total. The van der Waals surface area contributed by atoms with Crippen LogP contribution >= 0.6 is 0 Å². The topological polar surface area (TPSA) is 52.9 Å². The van der Waals surface area contributed by atoms with Crippen LogP contribution < -0.4 is 4.90 Å². The standard InChI is InChI=1S/C22H26N2O2/c1-14-10-17(21(25)26)7-8-19(14)23-13-16-6-9-20-18(11-16)15(2)12-22(3,4)24(20)5/h6-11,13,15H,12H2,1-5H3,(H,25,26). The molecule has 0 saturated carbocycles. The van der Waals surface area contributed by atoms with Crippen LogP contribution in [0.25, 0.3) is 0 Å². The molecule has 0 amide bonds. The molecule has 2 aromatic carbocycles. The Kier molecular flexibility index (Phi) is 4.61. The predicted octanol–water partition coefficient (Wildman–Crippen LogP) is 5.17. The highest BCUT2D eigenvalue weighted by molar-refractivity contribution is 5.89. The summed E-state index contributed by atoms with van der Waals surface area (Å²) in [6.07, 6.45) is 2.97. The molecule has 0 aliphatic carbocycles. The number of aromatic carboxylic acids is 1. The van der Waals surface area contributed by atoms with Crippen LogP contribution in [0.4, 0.5) is 11.4 Å². The lowest BCUT2D eigenvalue weighted by Crippen LogP contribution is -2.45. The summed E-state index contributed by atoms with van der Waals surface area (Å²) in [5.41, 5.74) is 5.79. The molecule has 3 rings (SSSR count). The second-order valence-corrected chi connectivity index (χ2v) is 7.86. The van der Waals surface area contributed by atoms with E-state index in [2.05, 4.69) is 55.9 Å². The number of rotatable bonds is 3. The Hall–Kier alpha value is -2.62. The van der Waals surface area contributed by atoms with E-state index in [1.54, 1.807) is 18.2 Å². The van der Waals surface area contributed by atoms with Crippen molar-refractivity contribution in [1.29, 1.82) is 0 Å². The average Bonchev–Trinajstić information content (AvgIpc) is 2.58. The van der Waals surface area contributed by atoms with E-state index in [1.807, 2.05) is 13.1 Å². The number of hydrogen-bond acceptors (Lipinski definition) is 3. The molecule has 0 fully saturated rings. The average molecular weight is 350 g/mol. The highest BCUT2D eigenvalue weighted by Gasteiger charge is 2.33. The minimum atomic E-state index is -0.917. The van der Waals surface area contributed by atoms with Crippen molar-refractivity contribution < 1.29 is 9.90 Å². The highest BCUT2D eigenvalue weighted by Crippen LogP contribution is 2.42. The van der Waals surface area contributed by atoms with Gasteiger partial charge in [-0.1, -0.05) is 13.0 Å². The van der Waals surface area contributed by atoms with Gasteiger partial charge in [-0.2, -0.15) is 0 Å². The van der Waals surface area contributed by atoms with Gasteiger partial charge in [0.05, 0.1) is 11.3 Å². The third-order valence-corrected chi connectivity index (χ3v) is 5.45. The number of carboxylic acids is 1. The van der Waals surface area contributed by atoms with Crippen molar-refractivity contribution in [2.45, 2.75) is 45.6 Å². The first kappa shape index (κ1) is 18.2. The molecule has 0 radical (unpaired) electrons. The van der Waals surface area contributed by atoms with Gasteiger partial charge in [-0.25, -0.2) is 4.79 Å². The SMILES string of the molecule is Cc1cc(C(=O)O)ccc1N=Cc1ccc2c(c1)C(C)CC(C)(C)N2C. The summed E-state index contributed by atoms with van der Waals surface area (Å²) < 4.78 is 0. The molecule has 0 aromatic heterocycles. The number of carboxylic acid groups (broad SMARTS) is 1. The summed E-state index contributed by atoms with van der Waals surface area (Å²) in [5.74, 6) is -0.416. The Labute approximate surface area is 155 Å². The van der Waals surface area contributed by atoms with Gasteiger partial charge in [0.25, 0.3) is 0 Å². The fourth-order valence-corrected chi connectivity index (χ4v) is 3.75. The second-order valence-electron chi connectivity index (χ2n) is 7.86. The number of hydrogen-bond donors (Lipinski definition) is 1. The summed E-state index contributed by atoms with van der Waals surface area (Å²) >= 11 is 0. The van der Waals surface area contributed by atoms with E-state index in [0.717, 1.165) is 23.2 Å². The van der Waals surface area contributed by atoms with Crippen LogP contribution in [0.1, 0.15) is 60.2 Å². The molecule has 1 aliphatic heterocycles. The summed E-state index contributed by atoms with van der Waals surface area (Å²) in [6, 6.07) is 11.5. The molecule has 136 valence electrons. The van der Waals surface area contributed by atoms with Crippen molar-refractivity contribution in [3.63, 3.8) is 0 Å². The molecule has 1 aliphatic rings. The maximum Gasteiger partial charge on any atom is 0.335 e. The second kappa shape index (κ2) is 6.60. The van der Waals surface area contributed by atoms with Gasteiger partial charge in [-0.3, -0.25) is 4.99 Å². The van der Waals surface area contributed by atoms with Gasteiger partial charge in [0.2, 0.25) is 0 Å². The number of nitrogens with zero attached hydrogens (tertiary/aromatic N) is 2. The third kappa shape index (κ3) is 3.36. The fourth-order valence-electron chi connectivity index (χ4n) is 3.75. The molecule has 1 atom stereocenters. The number of carbonyl (C=O) groups is 1. The molecule has 0 spiro atoms. The van der Waals surface area contributed by atoms with Crippen molar-refractivity contribution >= 4 is 23.6 Å². The molecule has 0 bridgehead atoms. The van der Waals surface area contributed by atoms with E-state index in [0.29, 0.717) is 5.92 Å². The number of anilines is 1. The minimum Gasteiger partial charge on any atom is -0.478 e. The summed E-state index contributed by atoms with van der Waals surface area (Å²) in [6.45, 7) is 8.73. The molecule has 1 unspecified atom stereocenters. The monoisotopic (exact) mass is 350 g/mol. The molecule has 2 aromatic rings. The van der Waals surface area contributed by atoms with Gasteiger partial charge in [-0.15, -0.1) is 0 Å². The fraction of sp³-hybridized carbons (Fsp3) is 0.364. The number of aryl methyl sites for hydroxylation is 1. The van der Waals surface area contributed by atoms with Crippen LogP contribution in [0, 0.1) is 6.92 Å². The molecule has 4 nitrogen and oxygen atoms in total. The Morgan fingerprint density at radius 1 is 1.27 bits per heavy atom. The summed E-state index contributed by atoms with van der Waals surface area (Å²) in [7, 11) is 2.16. The zero-order chi connectivity index (χ0) is 19.1. The van der Waals surface area contributed by atoms with Crippen molar-refractivity contribution in [2.75, 3.05) is 11.9 Å². The summed E-state index contributed by atoms with van der Waals surface area (Å²) in [5, 5.41) is 9.06. The van der Waals surface area contributed by atoms with E-state index in [4.69, 9.17) is 5.11 Å². The van der Waals surface area contributed by atoms with Crippen LogP contribution in [-0.4, -0.2) is 29.9 Å². The van der Waals surface area contributed by atoms with Crippen LogP contribution in [-0.2, 0) is 0 Å². The first-order chi connectivity index (χ1) is 12.2. The smallest absolute Gasteiger partial charge is 0.335 e. The van der Waals surface area contributed by atoms with Crippen molar-refractivity contribution in [3.05, 3.63) is 58.7 Å². The quantitative estimate of drug-likeness (QED) is 0.777. The van der Waals surface area contributed by atoms with E-state index < -0.39 is 5.97 Å². The van der Waals surface area contributed by atoms with Gasteiger partial charge in [0.15, 0.2) is 0 Å². The van der Waals surface area contributed by atoms with E-state index in [9.17, 15) is 4.79 Å². The first-order valence-electron chi connectivity index (χ1n) is 8.95. The molecular formula is C22H26N2O2. The highest BCUT2D eigenvalue weighted by atomic mass is 16.4. The first-order valence-corrected chi connectivity index (χ1v) is 8.95. The Morgan fingerprint density at radius 2 is 2.00 bits per heavy atom. The van der Waals surface area contributed by atoms with Crippen LogP contribution in [0.5, 0.6) is 0 Å². The molecule has 26 heavy (non-hydrogen) atoms. The maximum atomic E-state index is 11.0. The minimum absolute atomic E-state index is 0.158.